The molecule has 0 bridgehead atoms. The number of hydrogen-bond donors (Lipinski definition) is 4. The van der Waals surface area contributed by atoms with Gasteiger partial charge in [0.05, 0.1) is 18.8 Å². The molecule has 9 heteroatoms. The number of halogens is 1. The first kappa shape index (κ1) is 13.1. The van der Waals surface area contributed by atoms with Gasteiger partial charge in [-0.3, -0.25) is 19.1 Å². The number of nitrogens with zero attached hydrogens (tertiary/aromatic N) is 1. The molecule has 0 saturated carbocycles. The van der Waals surface area contributed by atoms with E-state index in [-0.39, 0.29) is 0 Å². The Balaban J connectivity index is 2.97. The Morgan fingerprint density at radius 2 is 2.18 bits per heavy atom. The van der Waals surface area contributed by atoms with Gasteiger partial charge in [0.1, 0.15) is 6.04 Å². The Bertz CT molecular complexity index is 537. The molecule has 0 unspecified atom stereocenters. The second kappa shape index (κ2) is 4.89. The lowest BCUT2D eigenvalue weighted by molar-refractivity contribution is -0.141. The molecule has 0 radical (unpaired) electrons. The third-order valence-electron chi connectivity index (χ3n) is 2.05. The van der Waals surface area contributed by atoms with Crippen molar-refractivity contribution in [2.45, 2.75) is 18.7 Å². The molecule has 0 fully saturated rings. The van der Waals surface area contributed by atoms with Crippen molar-refractivity contribution in [3.63, 3.8) is 0 Å². The fourth-order valence-corrected chi connectivity index (χ4v) is 1.10. The zero-order chi connectivity index (χ0) is 13.2. The fourth-order valence-electron chi connectivity index (χ4n) is 1.10. The van der Waals surface area contributed by atoms with E-state index in [2.05, 4.69) is 0 Å². The number of nitrogens with two attached hydrogens (primary N) is 1. The number of rotatable bonds is 4. The van der Waals surface area contributed by atoms with Crippen LogP contribution in [0.1, 0.15) is 0 Å². The summed E-state index contributed by atoms with van der Waals surface area (Å²) >= 11 is 0. The van der Waals surface area contributed by atoms with E-state index in [1.165, 1.54) is 0 Å². The largest absolute Gasteiger partial charge is 0.480 e. The summed E-state index contributed by atoms with van der Waals surface area (Å²) in [5, 5.41) is 17.8. The number of carboxylic acids is 1. The number of aromatic amines is 1. The van der Waals surface area contributed by atoms with E-state index in [1.54, 1.807) is 4.98 Å². The fraction of sp³-hybridized carbons (Fsp3) is 0.375. The topological polar surface area (TPSA) is 138 Å². The highest BCUT2D eigenvalue weighted by Crippen LogP contribution is 1.95. The number of carboxylic acid groups (broad SMARTS) is 1. The van der Waals surface area contributed by atoms with Crippen molar-refractivity contribution in [2.24, 2.45) is 5.73 Å². The standard InChI is InChI=1S/C8H10FN3O5/c9-3-1-12(8(17)11-6(3)14)2-4(13)5(10)7(15)16/h1,4-5,13H,2,10H2,(H,15,16)(H,11,14,17)/t4-,5+/m1/s1. The van der Waals surface area contributed by atoms with Crippen LogP contribution >= 0.6 is 0 Å². The molecule has 0 amide bonds. The summed E-state index contributed by atoms with van der Waals surface area (Å²) in [6.07, 6.45) is -1.02. The number of nitrogens with one attached hydrogen (secondary N) is 1. The van der Waals surface area contributed by atoms with Gasteiger partial charge < -0.3 is 15.9 Å². The first-order valence-corrected chi connectivity index (χ1v) is 4.48. The van der Waals surface area contributed by atoms with Gasteiger partial charge in [-0.25, -0.2) is 4.79 Å². The van der Waals surface area contributed by atoms with Crippen LogP contribution in [0.5, 0.6) is 0 Å². The molecule has 2 atom stereocenters. The summed E-state index contributed by atoms with van der Waals surface area (Å²) in [5.74, 6) is -2.68. The summed E-state index contributed by atoms with van der Waals surface area (Å²) in [6, 6.07) is -1.61. The lowest BCUT2D eigenvalue weighted by Gasteiger charge is -2.15. The van der Waals surface area contributed by atoms with Gasteiger partial charge >= 0.3 is 11.7 Å². The van der Waals surface area contributed by atoms with Crippen LogP contribution in [0, 0.1) is 5.82 Å². The number of hydrogen-bond acceptors (Lipinski definition) is 5. The third kappa shape index (κ3) is 2.98. The molecule has 1 aromatic heterocycles. The molecule has 1 heterocycles. The minimum Gasteiger partial charge on any atom is -0.480 e. The molecule has 17 heavy (non-hydrogen) atoms. The maximum atomic E-state index is 12.8. The number of aromatic nitrogens is 2. The van der Waals surface area contributed by atoms with Gasteiger partial charge in [-0.2, -0.15) is 4.39 Å². The molecular weight excluding hydrogens is 237 g/mol. The van der Waals surface area contributed by atoms with Crippen molar-refractivity contribution >= 4 is 5.97 Å². The Labute approximate surface area is 93.1 Å². The minimum atomic E-state index is -1.61. The van der Waals surface area contributed by atoms with Gasteiger partial charge in [0, 0.05) is 0 Å². The maximum Gasteiger partial charge on any atom is 0.328 e. The first-order valence-electron chi connectivity index (χ1n) is 4.48. The molecule has 0 spiro atoms. The summed E-state index contributed by atoms with van der Waals surface area (Å²) < 4.78 is 13.5. The lowest BCUT2D eigenvalue weighted by atomic mass is 10.2. The molecule has 0 aromatic carbocycles. The van der Waals surface area contributed by atoms with Crippen LogP contribution in [0.4, 0.5) is 4.39 Å². The minimum absolute atomic E-state index is 0.542. The zero-order valence-corrected chi connectivity index (χ0v) is 8.46. The SMILES string of the molecule is N[C@H](C(=O)O)[C@H](O)Cn1cc(F)c(=O)[nH]c1=O. The normalized spacial score (nSPS) is 14.3. The van der Waals surface area contributed by atoms with Crippen LogP contribution in [0.15, 0.2) is 15.8 Å². The van der Waals surface area contributed by atoms with E-state index < -0.39 is 41.7 Å². The molecular formula is C8H10FN3O5. The first-order chi connectivity index (χ1) is 7.82. The van der Waals surface area contributed by atoms with Crippen LogP contribution in [-0.4, -0.2) is 37.9 Å². The van der Waals surface area contributed by atoms with Gasteiger partial charge in [0.15, 0.2) is 0 Å². The third-order valence-corrected chi connectivity index (χ3v) is 2.05. The van der Waals surface area contributed by atoms with Crippen LogP contribution in [0.3, 0.4) is 0 Å². The molecule has 1 rings (SSSR count). The highest BCUT2D eigenvalue weighted by molar-refractivity contribution is 5.73. The highest BCUT2D eigenvalue weighted by atomic mass is 19.1. The smallest absolute Gasteiger partial charge is 0.328 e. The molecule has 0 aliphatic rings. The van der Waals surface area contributed by atoms with Crippen LogP contribution in [0.2, 0.25) is 0 Å². The molecule has 8 nitrogen and oxygen atoms in total. The van der Waals surface area contributed by atoms with Crippen LogP contribution < -0.4 is 17.0 Å². The van der Waals surface area contributed by atoms with Crippen molar-refractivity contribution in [3.8, 4) is 0 Å². The number of aliphatic carboxylic acids is 1. The molecule has 1 aromatic rings. The van der Waals surface area contributed by atoms with Gasteiger partial charge in [-0.15, -0.1) is 0 Å². The average Bonchev–Trinajstić information content (AvgIpc) is 2.24. The second-order valence-electron chi connectivity index (χ2n) is 3.32. The summed E-state index contributed by atoms with van der Waals surface area (Å²) in [7, 11) is 0. The summed E-state index contributed by atoms with van der Waals surface area (Å²) in [6.45, 7) is -0.542. The van der Waals surface area contributed by atoms with Crippen molar-refractivity contribution < 1.29 is 19.4 Å². The van der Waals surface area contributed by atoms with Crippen molar-refractivity contribution in [1.82, 2.24) is 9.55 Å². The van der Waals surface area contributed by atoms with Crippen LogP contribution in [-0.2, 0) is 11.3 Å². The zero-order valence-electron chi connectivity index (χ0n) is 8.46. The van der Waals surface area contributed by atoms with Crippen molar-refractivity contribution in [2.75, 3.05) is 0 Å². The molecule has 0 aliphatic carbocycles. The molecule has 0 saturated heterocycles. The Morgan fingerprint density at radius 1 is 1.59 bits per heavy atom. The maximum absolute atomic E-state index is 12.8. The van der Waals surface area contributed by atoms with Gasteiger partial charge in [0.2, 0.25) is 5.82 Å². The number of aliphatic hydroxyl groups is 1. The Morgan fingerprint density at radius 3 is 2.71 bits per heavy atom. The quantitative estimate of drug-likeness (QED) is 0.462. The second-order valence-corrected chi connectivity index (χ2v) is 3.32. The van der Waals surface area contributed by atoms with E-state index in [4.69, 9.17) is 10.8 Å². The Kier molecular flexibility index (Phi) is 3.76. The lowest BCUT2D eigenvalue weighted by Crippen LogP contribution is -2.46. The highest BCUT2D eigenvalue weighted by Gasteiger charge is 2.22. The van der Waals surface area contributed by atoms with E-state index in [0.29, 0.717) is 10.8 Å². The van der Waals surface area contributed by atoms with Crippen molar-refractivity contribution in [1.29, 1.82) is 0 Å². The summed E-state index contributed by atoms with van der Waals surface area (Å²) in [5.41, 5.74) is 2.94. The number of carbonyl (C=O) groups is 1. The van der Waals surface area contributed by atoms with E-state index in [0.717, 1.165) is 0 Å². The van der Waals surface area contributed by atoms with Gasteiger partial charge in [-0.05, 0) is 0 Å². The number of aliphatic hydroxyl groups excluding tert-OH is 1. The van der Waals surface area contributed by atoms with E-state index >= 15 is 0 Å². The molecule has 0 aliphatic heterocycles. The molecule has 94 valence electrons. The van der Waals surface area contributed by atoms with Gasteiger partial charge in [0.25, 0.3) is 5.56 Å². The monoisotopic (exact) mass is 247 g/mol. The summed E-state index contributed by atoms with van der Waals surface area (Å²) in [4.78, 5) is 33.9. The van der Waals surface area contributed by atoms with Crippen molar-refractivity contribution in [3.05, 3.63) is 32.9 Å². The predicted molar refractivity (Wildman–Crippen MR) is 52.9 cm³/mol. The Hall–Kier alpha value is -2.00. The average molecular weight is 247 g/mol. The van der Waals surface area contributed by atoms with E-state index in [9.17, 15) is 23.9 Å². The van der Waals surface area contributed by atoms with Crippen LogP contribution in [0.25, 0.3) is 0 Å². The van der Waals surface area contributed by atoms with Gasteiger partial charge in [-0.1, -0.05) is 0 Å². The molecule has 5 N–H and O–H groups in total. The predicted octanol–water partition coefficient (Wildman–Crippen LogP) is -2.55. The number of H-pyrrole nitrogens is 1. The van der Waals surface area contributed by atoms with E-state index in [1.807, 2.05) is 0 Å².